The summed E-state index contributed by atoms with van der Waals surface area (Å²) >= 11 is 7.95. The van der Waals surface area contributed by atoms with Gasteiger partial charge in [0.25, 0.3) is 11.8 Å². The van der Waals surface area contributed by atoms with E-state index in [4.69, 9.17) is 0 Å². The SMILES string of the molecule is O=C(Nc1cccc(S[C@H]2CC(=O)N(c3ccc(Br)cc3)C2=O)c1)/C(=C/c1ccc(Br)cc1)NC(=O)c1ccccc1F. The van der Waals surface area contributed by atoms with Crippen molar-refractivity contribution in [1.29, 1.82) is 0 Å². The third-order valence-electron chi connectivity index (χ3n) is 6.35. The van der Waals surface area contributed by atoms with Gasteiger partial charge in [-0.3, -0.25) is 19.2 Å². The Morgan fingerprint density at radius 3 is 2.26 bits per heavy atom. The van der Waals surface area contributed by atoms with E-state index in [9.17, 15) is 23.6 Å². The van der Waals surface area contributed by atoms with E-state index in [1.807, 2.05) is 0 Å². The number of hydrogen-bond acceptors (Lipinski definition) is 5. The number of benzene rings is 4. The Balaban J connectivity index is 1.33. The zero-order valence-electron chi connectivity index (χ0n) is 22.2. The Morgan fingerprint density at radius 2 is 1.56 bits per heavy atom. The summed E-state index contributed by atoms with van der Waals surface area (Å²) in [5.74, 6) is -2.74. The van der Waals surface area contributed by atoms with Gasteiger partial charge in [0.15, 0.2) is 0 Å². The number of carbonyl (C=O) groups excluding carboxylic acids is 4. The van der Waals surface area contributed by atoms with Crippen LogP contribution in [0, 0.1) is 5.82 Å². The van der Waals surface area contributed by atoms with E-state index in [0.29, 0.717) is 21.8 Å². The molecule has 43 heavy (non-hydrogen) atoms. The highest BCUT2D eigenvalue weighted by molar-refractivity contribution is 9.10. The van der Waals surface area contributed by atoms with E-state index in [-0.39, 0.29) is 29.5 Å². The molecule has 0 unspecified atom stereocenters. The number of nitrogens with zero attached hydrogens (tertiary/aromatic N) is 1. The van der Waals surface area contributed by atoms with Crippen molar-refractivity contribution in [2.24, 2.45) is 0 Å². The number of hydrogen-bond donors (Lipinski definition) is 2. The van der Waals surface area contributed by atoms with Crippen LogP contribution < -0.4 is 15.5 Å². The van der Waals surface area contributed by atoms with Crippen molar-refractivity contribution >= 4 is 84.7 Å². The molecule has 11 heteroatoms. The minimum absolute atomic E-state index is 0.0400. The number of nitrogens with one attached hydrogen (secondary N) is 2. The van der Waals surface area contributed by atoms with Gasteiger partial charge in [-0.1, -0.05) is 62.2 Å². The maximum absolute atomic E-state index is 14.3. The van der Waals surface area contributed by atoms with E-state index in [0.717, 1.165) is 15.0 Å². The molecule has 4 aromatic rings. The van der Waals surface area contributed by atoms with Gasteiger partial charge >= 0.3 is 0 Å². The molecule has 7 nitrogen and oxygen atoms in total. The van der Waals surface area contributed by atoms with Crippen LogP contribution in [0.3, 0.4) is 0 Å². The molecule has 1 atom stereocenters. The molecule has 0 saturated carbocycles. The highest BCUT2D eigenvalue weighted by Gasteiger charge is 2.40. The second-order valence-electron chi connectivity index (χ2n) is 9.38. The van der Waals surface area contributed by atoms with E-state index in [1.165, 1.54) is 40.9 Å². The van der Waals surface area contributed by atoms with Gasteiger partial charge in [-0.2, -0.15) is 0 Å². The maximum Gasteiger partial charge on any atom is 0.272 e. The van der Waals surface area contributed by atoms with Gasteiger partial charge in [-0.15, -0.1) is 11.8 Å². The third-order valence-corrected chi connectivity index (χ3v) is 8.59. The Labute approximate surface area is 267 Å². The fourth-order valence-electron chi connectivity index (χ4n) is 4.29. The average molecular weight is 723 g/mol. The summed E-state index contributed by atoms with van der Waals surface area (Å²) in [7, 11) is 0. The molecule has 4 amide bonds. The lowest BCUT2D eigenvalue weighted by molar-refractivity contribution is -0.121. The van der Waals surface area contributed by atoms with E-state index >= 15 is 0 Å². The maximum atomic E-state index is 14.3. The van der Waals surface area contributed by atoms with E-state index in [1.54, 1.807) is 72.8 Å². The molecule has 0 aromatic heterocycles. The summed E-state index contributed by atoms with van der Waals surface area (Å²) in [6.45, 7) is 0. The van der Waals surface area contributed by atoms with Gasteiger partial charge in [-0.05, 0) is 78.4 Å². The Morgan fingerprint density at radius 1 is 0.884 bits per heavy atom. The topological polar surface area (TPSA) is 95.6 Å². The van der Waals surface area contributed by atoms with Crippen LogP contribution in [-0.4, -0.2) is 28.9 Å². The van der Waals surface area contributed by atoms with Crippen LogP contribution in [0.5, 0.6) is 0 Å². The van der Waals surface area contributed by atoms with Gasteiger partial charge in [0.2, 0.25) is 11.8 Å². The number of thioether (sulfide) groups is 1. The first-order chi connectivity index (χ1) is 20.7. The van der Waals surface area contributed by atoms with Crippen LogP contribution in [0.2, 0.25) is 0 Å². The second kappa shape index (κ2) is 13.5. The van der Waals surface area contributed by atoms with Crippen molar-refractivity contribution < 1.29 is 23.6 Å². The van der Waals surface area contributed by atoms with Crippen molar-refractivity contribution in [3.8, 4) is 0 Å². The van der Waals surface area contributed by atoms with Gasteiger partial charge in [0.1, 0.15) is 11.5 Å². The number of anilines is 2. The zero-order valence-corrected chi connectivity index (χ0v) is 26.2. The Bertz CT molecular complexity index is 1750. The van der Waals surface area contributed by atoms with Crippen LogP contribution in [-0.2, 0) is 14.4 Å². The molecule has 2 N–H and O–H groups in total. The molecule has 1 aliphatic heterocycles. The normalized spacial score (nSPS) is 15.0. The summed E-state index contributed by atoms with van der Waals surface area (Å²) in [6.07, 6.45) is 1.52. The molecule has 0 aliphatic carbocycles. The van der Waals surface area contributed by atoms with Crippen LogP contribution in [0.15, 0.2) is 117 Å². The lowest BCUT2D eigenvalue weighted by Gasteiger charge is -2.15. The highest BCUT2D eigenvalue weighted by Crippen LogP contribution is 2.35. The quantitative estimate of drug-likeness (QED) is 0.148. The predicted octanol–water partition coefficient (Wildman–Crippen LogP) is 7.18. The molecule has 4 aromatic carbocycles. The first kappa shape index (κ1) is 30.4. The van der Waals surface area contributed by atoms with Crippen LogP contribution in [0.25, 0.3) is 6.08 Å². The summed E-state index contributed by atoms with van der Waals surface area (Å²) in [6, 6.07) is 26.3. The molecule has 1 heterocycles. The van der Waals surface area contributed by atoms with Gasteiger partial charge < -0.3 is 10.6 Å². The van der Waals surface area contributed by atoms with Crippen molar-refractivity contribution in [2.75, 3.05) is 10.2 Å². The largest absolute Gasteiger partial charge is 0.321 e. The van der Waals surface area contributed by atoms with E-state index in [2.05, 4.69) is 42.5 Å². The molecule has 5 rings (SSSR count). The molecule has 0 radical (unpaired) electrons. The molecule has 1 saturated heterocycles. The number of halogens is 3. The van der Waals surface area contributed by atoms with Crippen molar-refractivity contribution in [2.45, 2.75) is 16.6 Å². The van der Waals surface area contributed by atoms with Gasteiger partial charge in [0.05, 0.1) is 16.5 Å². The number of imide groups is 1. The molecule has 1 aliphatic rings. The molecule has 1 fully saturated rings. The lowest BCUT2D eigenvalue weighted by atomic mass is 10.1. The summed E-state index contributed by atoms with van der Waals surface area (Å²) in [5, 5.41) is 4.66. The summed E-state index contributed by atoms with van der Waals surface area (Å²) in [4.78, 5) is 53.9. The Kier molecular flexibility index (Phi) is 9.54. The molecule has 216 valence electrons. The van der Waals surface area contributed by atoms with Crippen LogP contribution >= 0.6 is 43.6 Å². The minimum atomic E-state index is -0.777. The van der Waals surface area contributed by atoms with E-state index < -0.39 is 22.9 Å². The highest BCUT2D eigenvalue weighted by atomic mass is 79.9. The standard InChI is InChI=1S/C32H22Br2FN3O4S/c33-20-10-8-19(9-11-20)16-27(37-30(40)25-6-1-2-7-26(25)35)31(41)36-22-4-3-5-24(17-22)43-28-18-29(39)38(32(28)42)23-14-12-21(34)13-15-23/h1-17,28H,18H2,(H,36,41)(H,37,40)/b27-16-/t28-/m0/s1. The molecule has 0 bridgehead atoms. The van der Waals surface area contributed by atoms with Crippen molar-refractivity contribution in [3.05, 3.63) is 129 Å². The fourth-order valence-corrected chi connectivity index (χ4v) is 5.93. The average Bonchev–Trinajstić information content (AvgIpc) is 3.26. The molecular formula is C32H22Br2FN3O4S. The first-order valence-electron chi connectivity index (χ1n) is 12.9. The van der Waals surface area contributed by atoms with Gasteiger partial charge in [-0.25, -0.2) is 9.29 Å². The summed E-state index contributed by atoms with van der Waals surface area (Å²) in [5.41, 5.74) is 1.23. The summed E-state index contributed by atoms with van der Waals surface area (Å²) < 4.78 is 15.9. The molecular weight excluding hydrogens is 701 g/mol. The number of rotatable bonds is 8. The second-order valence-corrected chi connectivity index (χ2v) is 12.5. The minimum Gasteiger partial charge on any atom is -0.321 e. The number of amides is 4. The van der Waals surface area contributed by atoms with Crippen molar-refractivity contribution in [3.63, 3.8) is 0 Å². The molecule has 0 spiro atoms. The monoisotopic (exact) mass is 721 g/mol. The predicted molar refractivity (Wildman–Crippen MR) is 172 cm³/mol. The van der Waals surface area contributed by atoms with Crippen LogP contribution in [0.1, 0.15) is 22.3 Å². The number of carbonyl (C=O) groups is 4. The fraction of sp³-hybridized carbons (Fsp3) is 0.0625. The Hall–Kier alpha value is -4.06. The smallest absolute Gasteiger partial charge is 0.272 e. The lowest BCUT2D eigenvalue weighted by Crippen LogP contribution is -2.31. The third kappa shape index (κ3) is 7.48. The first-order valence-corrected chi connectivity index (χ1v) is 15.4. The van der Waals surface area contributed by atoms with Crippen molar-refractivity contribution in [1.82, 2.24) is 5.32 Å². The van der Waals surface area contributed by atoms with Crippen LogP contribution in [0.4, 0.5) is 15.8 Å². The zero-order chi connectivity index (χ0) is 30.5. The van der Waals surface area contributed by atoms with Gasteiger partial charge in [0, 0.05) is 25.9 Å².